The molecular formula is C17H26O2. The Bertz CT molecular complexity index is 427. The van der Waals surface area contributed by atoms with Crippen LogP contribution in [0.5, 0.6) is 0 Å². The van der Waals surface area contributed by atoms with Crippen LogP contribution in [-0.2, 0) is 9.53 Å². The average Bonchev–Trinajstić information content (AvgIpc) is 2.26. The van der Waals surface area contributed by atoms with Crippen LogP contribution in [0.2, 0.25) is 0 Å². The van der Waals surface area contributed by atoms with Crippen LogP contribution in [0, 0.1) is 17.8 Å². The molecule has 0 amide bonds. The van der Waals surface area contributed by atoms with Gasteiger partial charge >= 0.3 is 5.97 Å². The van der Waals surface area contributed by atoms with Gasteiger partial charge in [0.15, 0.2) is 0 Å². The van der Waals surface area contributed by atoms with Gasteiger partial charge in [-0.25, -0.2) is 0 Å². The summed E-state index contributed by atoms with van der Waals surface area (Å²) in [4.78, 5) is 11.4. The lowest BCUT2D eigenvalue weighted by Gasteiger charge is -2.44. The van der Waals surface area contributed by atoms with Gasteiger partial charge in [0.05, 0.1) is 0 Å². The van der Waals surface area contributed by atoms with Gasteiger partial charge in [-0.2, -0.15) is 0 Å². The highest BCUT2D eigenvalue weighted by Gasteiger charge is 2.42. The standard InChI is InChI=1S/C17H26O2/c1-10(2)14-7-6-12(4)17-15(14)8-11(3)9-16(17)19-13(5)18/h8,12,15-17H,6-7,9H2,1-5H3/t12-,15+,16-,17-/m1/s1. The highest BCUT2D eigenvalue weighted by atomic mass is 16.5. The lowest BCUT2D eigenvalue weighted by Crippen LogP contribution is -2.41. The molecule has 0 aromatic rings. The maximum Gasteiger partial charge on any atom is 0.302 e. The highest BCUT2D eigenvalue weighted by Crippen LogP contribution is 2.47. The Morgan fingerprint density at radius 3 is 2.58 bits per heavy atom. The molecule has 0 aromatic heterocycles. The van der Waals surface area contributed by atoms with Crippen molar-refractivity contribution in [2.24, 2.45) is 17.8 Å². The molecule has 0 heterocycles. The second kappa shape index (κ2) is 5.52. The first kappa shape index (κ1) is 14.4. The van der Waals surface area contributed by atoms with Gasteiger partial charge in [-0.1, -0.05) is 29.7 Å². The van der Waals surface area contributed by atoms with Gasteiger partial charge in [0, 0.05) is 25.2 Å². The Labute approximate surface area is 116 Å². The second-order valence-corrected chi connectivity index (χ2v) is 6.51. The van der Waals surface area contributed by atoms with E-state index in [0.29, 0.717) is 17.8 Å². The molecular weight excluding hydrogens is 236 g/mol. The fourth-order valence-corrected chi connectivity index (χ4v) is 3.88. The Balaban J connectivity index is 2.36. The van der Waals surface area contributed by atoms with Crippen molar-refractivity contribution in [2.75, 3.05) is 0 Å². The normalized spacial score (nSPS) is 34.4. The topological polar surface area (TPSA) is 26.3 Å². The highest BCUT2D eigenvalue weighted by molar-refractivity contribution is 5.66. The SMILES string of the molecule is CC(=O)O[C@@H]1CC(C)=C[C@H]2C(=C(C)C)CC[C@@H](C)[C@@H]12. The van der Waals surface area contributed by atoms with Gasteiger partial charge in [-0.15, -0.1) is 0 Å². The van der Waals surface area contributed by atoms with Gasteiger partial charge in [-0.05, 0) is 39.5 Å². The van der Waals surface area contributed by atoms with E-state index in [9.17, 15) is 4.79 Å². The number of hydrogen-bond acceptors (Lipinski definition) is 2. The Morgan fingerprint density at radius 1 is 1.32 bits per heavy atom. The van der Waals surface area contributed by atoms with Gasteiger partial charge in [0.1, 0.15) is 6.10 Å². The van der Waals surface area contributed by atoms with Gasteiger partial charge < -0.3 is 4.74 Å². The van der Waals surface area contributed by atoms with Gasteiger partial charge in [0.2, 0.25) is 0 Å². The zero-order valence-electron chi connectivity index (χ0n) is 12.8. The molecule has 2 heteroatoms. The van der Waals surface area contributed by atoms with E-state index in [4.69, 9.17) is 4.74 Å². The average molecular weight is 262 g/mol. The summed E-state index contributed by atoms with van der Waals surface area (Å²) < 4.78 is 5.63. The molecule has 1 saturated carbocycles. The molecule has 2 nitrogen and oxygen atoms in total. The summed E-state index contributed by atoms with van der Waals surface area (Å²) in [5.74, 6) is 1.43. The van der Waals surface area contributed by atoms with Crippen LogP contribution < -0.4 is 0 Å². The van der Waals surface area contributed by atoms with E-state index in [1.807, 2.05) is 0 Å². The van der Waals surface area contributed by atoms with Crippen molar-refractivity contribution < 1.29 is 9.53 Å². The molecule has 2 aliphatic carbocycles. The number of fused-ring (bicyclic) bond motifs is 1. The van der Waals surface area contributed by atoms with E-state index in [-0.39, 0.29) is 12.1 Å². The quantitative estimate of drug-likeness (QED) is 0.521. The van der Waals surface area contributed by atoms with E-state index >= 15 is 0 Å². The Morgan fingerprint density at radius 2 is 2.00 bits per heavy atom. The maximum atomic E-state index is 11.4. The molecule has 0 aromatic carbocycles. The molecule has 0 saturated heterocycles. The molecule has 0 aliphatic heterocycles. The predicted octanol–water partition coefficient (Wildman–Crippen LogP) is 4.27. The number of ether oxygens (including phenoxy) is 1. The molecule has 2 aliphatic rings. The molecule has 19 heavy (non-hydrogen) atoms. The van der Waals surface area contributed by atoms with Crippen molar-refractivity contribution in [3.05, 3.63) is 22.8 Å². The third kappa shape index (κ3) is 2.93. The third-order valence-corrected chi connectivity index (χ3v) is 4.72. The maximum absolute atomic E-state index is 11.4. The van der Waals surface area contributed by atoms with Crippen LogP contribution >= 0.6 is 0 Å². The van der Waals surface area contributed by atoms with Gasteiger partial charge in [-0.3, -0.25) is 4.79 Å². The molecule has 0 radical (unpaired) electrons. The van der Waals surface area contributed by atoms with Crippen molar-refractivity contribution in [1.82, 2.24) is 0 Å². The lowest BCUT2D eigenvalue weighted by molar-refractivity contribution is -0.151. The van der Waals surface area contributed by atoms with Gasteiger partial charge in [0.25, 0.3) is 0 Å². The fraction of sp³-hybridized carbons (Fsp3) is 0.706. The van der Waals surface area contributed by atoms with Crippen LogP contribution in [0.25, 0.3) is 0 Å². The van der Waals surface area contributed by atoms with Crippen LogP contribution in [-0.4, -0.2) is 12.1 Å². The van der Waals surface area contributed by atoms with Crippen LogP contribution in [0.15, 0.2) is 22.8 Å². The van der Waals surface area contributed by atoms with Crippen molar-refractivity contribution >= 4 is 5.97 Å². The first-order valence-electron chi connectivity index (χ1n) is 7.41. The minimum absolute atomic E-state index is 0.0668. The summed E-state index contributed by atoms with van der Waals surface area (Å²) in [5.41, 5.74) is 4.37. The Hall–Kier alpha value is -1.05. The largest absolute Gasteiger partial charge is 0.462 e. The van der Waals surface area contributed by atoms with Crippen molar-refractivity contribution in [3.63, 3.8) is 0 Å². The monoisotopic (exact) mass is 262 g/mol. The molecule has 0 unspecified atom stereocenters. The third-order valence-electron chi connectivity index (χ3n) is 4.72. The first-order chi connectivity index (χ1) is 8.90. The van der Waals surface area contributed by atoms with Crippen molar-refractivity contribution in [3.8, 4) is 0 Å². The minimum Gasteiger partial charge on any atom is -0.462 e. The zero-order valence-corrected chi connectivity index (χ0v) is 12.8. The predicted molar refractivity (Wildman–Crippen MR) is 77.7 cm³/mol. The van der Waals surface area contributed by atoms with Crippen LogP contribution in [0.4, 0.5) is 0 Å². The molecule has 0 N–H and O–H groups in total. The van der Waals surface area contributed by atoms with E-state index in [0.717, 1.165) is 6.42 Å². The molecule has 106 valence electrons. The summed E-state index contributed by atoms with van der Waals surface area (Å²) >= 11 is 0. The summed E-state index contributed by atoms with van der Waals surface area (Å²) in [5, 5.41) is 0. The van der Waals surface area contributed by atoms with E-state index in [1.54, 1.807) is 5.57 Å². The van der Waals surface area contributed by atoms with E-state index < -0.39 is 0 Å². The summed E-state index contributed by atoms with van der Waals surface area (Å²) in [6.07, 6.45) is 5.80. The van der Waals surface area contributed by atoms with Crippen molar-refractivity contribution in [1.29, 1.82) is 0 Å². The minimum atomic E-state index is -0.144. The molecule has 1 fully saturated rings. The molecule has 0 bridgehead atoms. The number of allylic oxidation sites excluding steroid dienone is 3. The van der Waals surface area contributed by atoms with Crippen LogP contribution in [0.1, 0.15) is 53.9 Å². The number of carbonyl (C=O) groups excluding carboxylic acids is 1. The molecule has 0 spiro atoms. The molecule has 2 rings (SSSR count). The summed E-state index contributed by atoms with van der Waals surface area (Å²) in [6, 6.07) is 0. The van der Waals surface area contributed by atoms with E-state index in [2.05, 4.69) is 33.8 Å². The Kier molecular flexibility index (Phi) is 4.17. The fourth-order valence-electron chi connectivity index (χ4n) is 3.88. The number of esters is 1. The number of carbonyl (C=O) groups is 1. The van der Waals surface area contributed by atoms with Crippen molar-refractivity contribution in [2.45, 2.75) is 60.0 Å². The first-order valence-corrected chi connectivity index (χ1v) is 7.41. The van der Waals surface area contributed by atoms with E-state index in [1.165, 1.54) is 30.9 Å². The zero-order chi connectivity index (χ0) is 14.2. The smallest absolute Gasteiger partial charge is 0.302 e. The summed E-state index contributed by atoms with van der Waals surface area (Å²) in [6.45, 7) is 10.4. The summed E-state index contributed by atoms with van der Waals surface area (Å²) in [7, 11) is 0. The number of hydrogen-bond donors (Lipinski definition) is 0. The lowest BCUT2D eigenvalue weighted by atomic mass is 9.63. The molecule has 4 atom stereocenters. The number of rotatable bonds is 1. The van der Waals surface area contributed by atoms with Crippen LogP contribution in [0.3, 0.4) is 0 Å². The second-order valence-electron chi connectivity index (χ2n) is 6.51.